The lowest BCUT2D eigenvalue weighted by Gasteiger charge is -2.44. The van der Waals surface area contributed by atoms with Gasteiger partial charge in [-0.1, -0.05) is 68.7 Å². The summed E-state index contributed by atoms with van der Waals surface area (Å²) in [4.78, 5) is 1.73. The fourth-order valence-electron chi connectivity index (χ4n) is 6.54. The SMILES string of the molecule is C[C@H](CCCC(C)(C)O)[C@H]1CC[C@H]2/C(=C/Cn3nnc(-c4ccccc4)n3)CCC[C@]12C. The van der Waals surface area contributed by atoms with Gasteiger partial charge < -0.3 is 5.11 Å². The number of nitrogens with zero attached hydrogens (tertiary/aromatic N) is 4. The van der Waals surface area contributed by atoms with Gasteiger partial charge in [-0.3, -0.25) is 0 Å². The largest absolute Gasteiger partial charge is 0.390 e. The van der Waals surface area contributed by atoms with E-state index in [1.807, 2.05) is 44.2 Å². The maximum atomic E-state index is 10.1. The van der Waals surface area contributed by atoms with E-state index in [2.05, 4.69) is 35.3 Å². The third-order valence-corrected chi connectivity index (χ3v) is 8.17. The van der Waals surface area contributed by atoms with Crippen molar-refractivity contribution in [3.63, 3.8) is 0 Å². The number of benzene rings is 1. The van der Waals surface area contributed by atoms with Gasteiger partial charge in [-0.25, -0.2) is 0 Å². The molecule has 0 amide bonds. The first kappa shape index (κ1) is 23.2. The Morgan fingerprint density at radius 1 is 1.25 bits per heavy atom. The molecule has 2 aromatic rings. The van der Waals surface area contributed by atoms with E-state index in [4.69, 9.17) is 0 Å². The molecule has 1 aromatic heterocycles. The number of aliphatic hydroxyl groups is 1. The first-order chi connectivity index (χ1) is 15.3. The number of rotatable bonds is 8. The van der Waals surface area contributed by atoms with E-state index in [9.17, 15) is 5.11 Å². The number of aromatic nitrogens is 4. The lowest BCUT2D eigenvalue weighted by molar-refractivity contribution is 0.0596. The van der Waals surface area contributed by atoms with E-state index >= 15 is 0 Å². The molecule has 0 unspecified atom stereocenters. The van der Waals surface area contributed by atoms with Crippen molar-refractivity contribution in [2.45, 2.75) is 91.2 Å². The summed E-state index contributed by atoms with van der Waals surface area (Å²) in [6.45, 7) is 9.56. The van der Waals surface area contributed by atoms with Crippen LogP contribution >= 0.6 is 0 Å². The zero-order valence-electron chi connectivity index (χ0n) is 20.3. The van der Waals surface area contributed by atoms with Crippen molar-refractivity contribution < 1.29 is 5.11 Å². The van der Waals surface area contributed by atoms with E-state index in [-0.39, 0.29) is 0 Å². The standard InChI is InChI=1S/C27H40N4O/c1-20(10-8-17-26(2,3)32)23-14-15-24-21(13-9-18-27(23,24)4)16-19-31-29-25(28-30-31)22-11-6-5-7-12-22/h5-7,11-12,16,20,23-24,32H,8-10,13-15,17-19H2,1-4H3/b21-16+/t20-,23-,24+,27-/m1/s1. The van der Waals surface area contributed by atoms with Crippen LogP contribution in [0.5, 0.6) is 0 Å². The quantitative estimate of drug-likeness (QED) is 0.511. The minimum atomic E-state index is -0.543. The van der Waals surface area contributed by atoms with Crippen LogP contribution in [0.25, 0.3) is 11.4 Å². The summed E-state index contributed by atoms with van der Waals surface area (Å²) in [6.07, 6.45) is 12.1. The van der Waals surface area contributed by atoms with Crippen molar-refractivity contribution in [2.24, 2.45) is 23.2 Å². The van der Waals surface area contributed by atoms with Crippen LogP contribution in [0, 0.1) is 23.2 Å². The number of allylic oxidation sites excluding steroid dienone is 2. The molecular weight excluding hydrogens is 396 g/mol. The molecule has 0 radical (unpaired) electrons. The first-order valence-corrected chi connectivity index (χ1v) is 12.5. The van der Waals surface area contributed by atoms with E-state index < -0.39 is 5.60 Å². The Morgan fingerprint density at radius 3 is 2.78 bits per heavy atom. The van der Waals surface area contributed by atoms with Gasteiger partial charge in [0.1, 0.15) is 0 Å². The van der Waals surface area contributed by atoms with Gasteiger partial charge >= 0.3 is 0 Å². The van der Waals surface area contributed by atoms with Gasteiger partial charge in [0.2, 0.25) is 5.82 Å². The molecule has 174 valence electrons. The predicted molar refractivity (Wildman–Crippen MR) is 129 cm³/mol. The molecule has 5 heteroatoms. The zero-order valence-corrected chi connectivity index (χ0v) is 20.3. The molecule has 0 saturated heterocycles. The highest BCUT2D eigenvalue weighted by Gasteiger charge is 2.50. The zero-order chi connectivity index (χ0) is 22.8. The average molecular weight is 437 g/mol. The molecule has 2 saturated carbocycles. The number of hydrogen-bond acceptors (Lipinski definition) is 4. The molecule has 2 aliphatic rings. The Morgan fingerprint density at radius 2 is 2.03 bits per heavy atom. The predicted octanol–water partition coefficient (Wildman–Crippen LogP) is 6.06. The minimum Gasteiger partial charge on any atom is -0.390 e. The van der Waals surface area contributed by atoms with Crippen LogP contribution in [-0.4, -0.2) is 30.9 Å². The molecule has 0 aliphatic heterocycles. The van der Waals surface area contributed by atoms with Crippen LogP contribution in [0.15, 0.2) is 42.0 Å². The summed E-state index contributed by atoms with van der Waals surface area (Å²) < 4.78 is 0. The van der Waals surface area contributed by atoms with E-state index in [0.29, 0.717) is 23.7 Å². The van der Waals surface area contributed by atoms with Crippen LogP contribution in [0.1, 0.15) is 79.1 Å². The molecule has 1 aromatic carbocycles. The molecule has 4 atom stereocenters. The molecule has 32 heavy (non-hydrogen) atoms. The minimum absolute atomic E-state index is 0.406. The van der Waals surface area contributed by atoms with Crippen LogP contribution < -0.4 is 0 Å². The van der Waals surface area contributed by atoms with Gasteiger partial charge in [-0.15, -0.1) is 10.2 Å². The Balaban J connectivity index is 1.40. The van der Waals surface area contributed by atoms with Crippen LogP contribution in [0.2, 0.25) is 0 Å². The second kappa shape index (κ2) is 9.46. The average Bonchev–Trinajstić information content (AvgIpc) is 3.36. The van der Waals surface area contributed by atoms with Gasteiger partial charge in [0.05, 0.1) is 12.1 Å². The van der Waals surface area contributed by atoms with Gasteiger partial charge in [0, 0.05) is 5.56 Å². The highest BCUT2D eigenvalue weighted by atomic mass is 16.3. The molecule has 0 bridgehead atoms. The maximum Gasteiger partial charge on any atom is 0.204 e. The summed E-state index contributed by atoms with van der Waals surface area (Å²) in [6, 6.07) is 10.1. The summed E-state index contributed by atoms with van der Waals surface area (Å²) >= 11 is 0. The number of tetrazole rings is 1. The second-order valence-corrected chi connectivity index (χ2v) is 11.1. The van der Waals surface area contributed by atoms with Gasteiger partial charge in [-0.05, 0) is 80.8 Å². The van der Waals surface area contributed by atoms with Gasteiger partial charge in [0.15, 0.2) is 0 Å². The highest BCUT2D eigenvalue weighted by molar-refractivity contribution is 5.52. The fourth-order valence-corrected chi connectivity index (χ4v) is 6.54. The molecule has 1 heterocycles. The first-order valence-electron chi connectivity index (χ1n) is 12.5. The molecule has 2 fully saturated rings. The molecule has 1 N–H and O–H groups in total. The third kappa shape index (κ3) is 5.14. The van der Waals surface area contributed by atoms with Crippen LogP contribution in [0.3, 0.4) is 0 Å². The van der Waals surface area contributed by atoms with Crippen molar-refractivity contribution in [2.75, 3.05) is 0 Å². The van der Waals surface area contributed by atoms with Crippen molar-refractivity contribution in [1.29, 1.82) is 0 Å². The van der Waals surface area contributed by atoms with Crippen molar-refractivity contribution in [3.8, 4) is 11.4 Å². The number of hydrogen-bond donors (Lipinski definition) is 1. The Kier molecular flexibility index (Phi) is 6.85. The van der Waals surface area contributed by atoms with Crippen LogP contribution in [0.4, 0.5) is 0 Å². The summed E-state index contributed by atoms with van der Waals surface area (Å²) in [5.41, 5.74) is 2.49. The van der Waals surface area contributed by atoms with Crippen molar-refractivity contribution >= 4 is 0 Å². The Bertz CT molecular complexity index is 913. The van der Waals surface area contributed by atoms with Crippen LogP contribution in [-0.2, 0) is 6.54 Å². The fraction of sp³-hybridized carbons (Fsp3) is 0.667. The van der Waals surface area contributed by atoms with Crippen molar-refractivity contribution in [1.82, 2.24) is 20.2 Å². The van der Waals surface area contributed by atoms with Crippen molar-refractivity contribution in [3.05, 3.63) is 42.0 Å². The summed E-state index contributed by atoms with van der Waals surface area (Å²) in [5.74, 6) is 2.89. The van der Waals surface area contributed by atoms with E-state index in [1.165, 1.54) is 38.5 Å². The molecule has 2 aliphatic carbocycles. The molecule has 4 rings (SSSR count). The topological polar surface area (TPSA) is 63.8 Å². The summed E-state index contributed by atoms with van der Waals surface area (Å²) in [5, 5.41) is 23.2. The molecular formula is C27H40N4O. The Hall–Kier alpha value is -2.01. The smallest absolute Gasteiger partial charge is 0.204 e. The van der Waals surface area contributed by atoms with Gasteiger partial charge in [-0.2, -0.15) is 4.80 Å². The lowest BCUT2D eigenvalue weighted by Crippen LogP contribution is -2.36. The third-order valence-electron chi connectivity index (χ3n) is 8.17. The maximum absolute atomic E-state index is 10.1. The molecule has 5 nitrogen and oxygen atoms in total. The lowest BCUT2D eigenvalue weighted by atomic mass is 9.60. The monoisotopic (exact) mass is 436 g/mol. The summed E-state index contributed by atoms with van der Waals surface area (Å²) in [7, 11) is 0. The second-order valence-electron chi connectivity index (χ2n) is 11.1. The highest BCUT2D eigenvalue weighted by Crippen LogP contribution is 2.59. The van der Waals surface area contributed by atoms with E-state index in [0.717, 1.165) is 30.2 Å². The van der Waals surface area contributed by atoms with Gasteiger partial charge in [0.25, 0.3) is 0 Å². The molecule has 0 spiro atoms. The Labute approximate surface area is 193 Å². The number of fused-ring (bicyclic) bond motifs is 1. The van der Waals surface area contributed by atoms with E-state index in [1.54, 1.807) is 10.4 Å². The normalized spacial score (nSPS) is 28.1.